The zero-order valence-corrected chi connectivity index (χ0v) is 8.78. The van der Waals surface area contributed by atoms with Crippen molar-refractivity contribution < 1.29 is 22.3 Å². The van der Waals surface area contributed by atoms with Gasteiger partial charge in [0.2, 0.25) is 0 Å². The Morgan fingerprint density at radius 2 is 2.06 bits per heavy atom. The Balaban J connectivity index is 2.61. The molecule has 7 heteroatoms. The van der Waals surface area contributed by atoms with Crippen LogP contribution in [0, 0.1) is 5.82 Å². The van der Waals surface area contributed by atoms with Crippen LogP contribution in [-0.4, -0.2) is 17.8 Å². The minimum Gasteiger partial charge on any atom is -0.475 e. The summed E-state index contributed by atoms with van der Waals surface area (Å²) >= 11 is 5.41. The lowest BCUT2D eigenvalue weighted by Gasteiger charge is -2.09. The van der Waals surface area contributed by atoms with Gasteiger partial charge in [-0.2, -0.15) is 13.2 Å². The molecule has 0 amide bonds. The van der Waals surface area contributed by atoms with E-state index in [-0.39, 0.29) is 11.4 Å². The molecule has 0 bridgehead atoms. The number of nitrogens with zero attached hydrogens (tertiary/aromatic N) is 1. The molecule has 0 spiro atoms. The third-order valence-corrected chi connectivity index (χ3v) is 1.99. The molecule has 1 aromatic heterocycles. The maximum Gasteiger partial charge on any atom is 0.392 e. The highest BCUT2D eigenvalue weighted by molar-refractivity contribution is 6.17. The van der Waals surface area contributed by atoms with E-state index in [0.717, 1.165) is 0 Å². The van der Waals surface area contributed by atoms with E-state index in [1.165, 1.54) is 12.3 Å². The molecule has 0 saturated heterocycles. The summed E-state index contributed by atoms with van der Waals surface area (Å²) in [6, 6.07) is 1.33. The summed E-state index contributed by atoms with van der Waals surface area (Å²) in [6.45, 7) is -0.668. The summed E-state index contributed by atoms with van der Waals surface area (Å²) < 4.78 is 53.3. The van der Waals surface area contributed by atoms with Crippen LogP contribution in [0.2, 0.25) is 0 Å². The Labute approximate surface area is 94.2 Å². The lowest BCUT2D eigenvalue weighted by Crippen LogP contribution is -2.14. The number of hydrogen-bond donors (Lipinski definition) is 0. The highest BCUT2D eigenvalue weighted by Crippen LogP contribution is 2.22. The van der Waals surface area contributed by atoms with Gasteiger partial charge in [-0.1, -0.05) is 0 Å². The average molecular weight is 258 g/mol. The molecule has 0 aliphatic carbocycles. The van der Waals surface area contributed by atoms with Gasteiger partial charge in [-0.3, -0.25) is 0 Å². The first kappa shape index (κ1) is 13.0. The Morgan fingerprint density at radius 1 is 1.38 bits per heavy atom. The normalized spacial score (nSPS) is 11.6. The van der Waals surface area contributed by atoms with Gasteiger partial charge in [-0.05, 0) is 6.07 Å². The molecule has 0 fully saturated rings. The second-order valence-corrected chi connectivity index (χ2v) is 3.20. The molecule has 0 aliphatic rings. The third kappa shape index (κ3) is 3.84. The molecule has 2 nitrogen and oxygen atoms in total. The van der Waals surface area contributed by atoms with Crippen LogP contribution < -0.4 is 4.74 Å². The zero-order chi connectivity index (χ0) is 12.2. The van der Waals surface area contributed by atoms with Crippen molar-refractivity contribution >= 4 is 11.6 Å². The Bertz CT molecular complexity index is 356. The van der Waals surface area contributed by atoms with Crippen LogP contribution in [0.15, 0.2) is 12.3 Å². The van der Waals surface area contributed by atoms with E-state index in [1.54, 1.807) is 0 Å². The second-order valence-electron chi connectivity index (χ2n) is 2.94. The highest BCUT2D eigenvalue weighted by Gasteiger charge is 2.27. The molecule has 16 heavy (non-hydrogen) atoms. The fourth-order valence-electron chi connectivity index (χ4n) is 0.929. The standard InChI is InChI=1S/C9H8ClF4NO/c10-5-6-1-3-15-8(7(6)11)16-4-2-9(12,13)14/h1,3H,2,4-5H2. The fourth-order valence-corrected chi connectivity index (χ4v) is 1.14. The number of rotatable bonds is 4. The van der Waals surface area contributed by atoms with Gasteiger partial charge in [0.15, 0.2) is 5.82 Å². The lowest BCUT2D eigenvalue weighted by molar-refractivity contribution is -0.139. The van der Waals surface area contributed by atoms with E-state index in [1.807, 2.05) is 0 Å². The first-order valence-corrected chi connectivity index (χ1v) is 4.86. The van der Waals surface area contributed by atoms with Crippen molar-refractivity contribution in [1.82, 2.24) is 4.98 Å². The van der Waals surface area contributed by atoms with Crippen LogP contribution in [0.3, 0.4) is 0 Å². The molecule has 1 rings (SSSR count). The quantitative estimate of drug-likeness (QED) is 0.610. The van der Waals surface area contributed by atoms with E-state index < -0.39 is 30.9 Å². The molecule has 0 atom stereocenters. The van der Waals surface area contributed by atoms with Crippen LogP contribution in [0.4, 0.5) is 17.6 Å². The summed E-state index contributed by atoms with van der Waals surface area (Å²) in [5, 5.41) is 0. The number of pyridine rings is 1. The van der Waals surface area contributed by atoms with Crippen molar-refractivity contribution in [3.63, 3.8) is 0 Å². The summed E-state index contributed by atoms with van der Waals surface area (Å²) in [4.78, 5) is 3.48. The van der Waals surface area contributed by atoms with Crippen molar-refractivity contribution in [3.05, 3.63) is 23.6 Å². The van der Waals surface area contributed by atoms with Crippen LogP contribution in [-0.2, 0) is 5.88 Å². The molecule has 0 aliphatic heterocycles. The van der Waals surface area contributed by atoms with Crippen molar-refractivity contribution in [1.29, 1.82) is 0 Å². The van der Waals surface area contributed by atoms with Crippen LogP contribution in [0.5, 0.6) is 5.88 Å². The van der Waals surface area contributed by atoms with E-state index in [2.05, 4.69) is 9.72 Å². The van der Waals surface area contributed by atoms with Gasteiger partial charge in [0.25, 0.3) is 5.88 Å². The molecule has 1 heterocycles. The SMILES string of the molecule is Fc1c(CCl)ccnc1OCCC(F)(F)F. The van der Waals surface area contributed by atoms with Gasteiger partial charge in [-0.15, -0.1) is 11.6 Å². The summed E-state index contributed by atoms with van der Waals surface area (Å²) in [5.41, 5.74) is 0.138. The second kappa shape index (κ2) is 5.34. The van der Waals surface area contributed by atoms with E-state index in [0.29, 0.717) is 0 Å². The summed E-state index contributed by atoms with van der Waals surface area (Å²) in [5.74, 6) is -1.37. The van der Waals surface area contributed by atoms with Gasteiger partial charge in [0, 0.05) is 11.8 Å². The van der Waals surface area contributed by atoms with Crippen molar-refractivity contribution in [2.24, 2.45) is 0 Å². The van der Waals surface area contributed by atoms with Gasteiger partial charge in [0.1, 0.15) is 0 Å². The first-order chi connectivity index (χ1) is 7.44. The lowest BCUT2D eigenvalue weighted by atomic mass is 10.3. The maximum atomic E-state index is 13.3. The monoisotopic (exact) mass is 257 g/mol. The molecular weight excluding hydrogens is 250 g/mol. The van der Waals surface area contributed by atoms with Crippen LogP contribution in [0.25, 0.3) is 0 Å². The third-order valence-electron chi connectivity index (χ3n) is 1.71. The first-order valence-electron chi connectivity index (χ1n) is 4.33. The van der Waals surface area contributed by atoms with E-state index in [4.69, 9.17) is 11.6 Å². The Morgan fingerprint density at radius 3 is 2.62 bits per heavy atom. The predicted octanol–water partition coefficient (Wildman–Crippen LogP) is 3.29. The smallest absolute Gasteiger partial charge is 0.392 e. The van der Waals surface area contributed by atoms with Crippen molar-refractivity contribution in [2.45, 2.75) is 18.5 Å². The summed E-state index contributed by atoms with van der Waals surface area (Å²) in [7, 11) is 0. The Hall–Kier alpha value is -1.04. The zero-order valence-electron chi connectivity index (χ0n) is 8.02. The van der Waals surface area contributed by atoms with Crippen molar-refractivity contribution in [3.8, 4) is 5.88 Å². The number of alkyl halides is 4. The van der Waals surface area contributed by atoms with Crippen LogP contribution in [0.1, 0.15) is 12.0 Å². The minimum absolute atomic E-state index is 0.0933. The number of ether oxygens (including phenoxy) is 1. The van der Waals surface area contributed by atoms with Gasteiger partial charge < -0.3 is 4.74 Å². The number of halogens is 5. The molecule has 0 saturated carbocycles. The number of hydrogen-bond acceptors (Lipinski definition) is 2. The molecule has 0 radical (unpaired) electrons. The number of aromatic nitrogens is 1. The van der Waals surface area contributed by atoms with Crippen LogP contribution >= 0.6 is 11.6 Å². The molecular formula is C9H8ClF4NO. The highest BCUT2D eigenvalue weighted by atomic mass is 35.5. The predicted molar refractivity (Wildman–Crippen MR) is 49.9 cm³/mol. The van der Waals surface area contributed by atoms with Gasteiger partial charge >= 0.3 is 6.18 Å². The average Bonchev–Trinajstić information content (AvgIpc) is 2.19. The topological polar surface area (TPSA) is 22.1 Å². The Kier molecular flexibility index (Phi) is 4.35. The van der Waals surface area contributed by atoms with Gasteiger partial charge in [-0.25, -0.2) is 9.37 Å². The van der Waals surface area contributed by atoms with E-state index in [9.17, 15) is 17.6 Å². The minimum atomic E-state index is -4.33. The molecule has 0 N–H and O–H groups in total. The summed E-state index contributed by atoms with van der Waals surface area (Å²) in [6.07, 6.45) is -4.26. The molecule has 0 unspecified atom stereocenters. The molecule has 0 aromatic carbocycles. The molecule has 1 aromatic rings. The fraction of sp³-hybridized carbons (Fsp3) is 0.444. The maximum absolute atomic E-state index is 13.3. The van der Waals surface area contributed by atoms with E-state index >= 15 is 0 Å². The molecule has 90 valence electrons. The van der Waals surface area contributed by atoms with Gasteiger partial charge in [0.05, 0.1) is 18.9 Å². The van der Waals surface area contributed by atoms with Crippen molar-refractivity contribution in [2.75, 3.05) is 6.61 Å². The largest absolute Gasteiger partial charge is 0.475 e.